The van der Waals surface area contributed by atoms with Crippen LogP contribution in [0.2, 0.25) is 18.1 Å². The van der Waals surface area contributed by atoms with Crippen molar-refractivity contribution in [3.8, 4) is 23.8 Å². The molecule has 0 saturated heterocycles. The molecular weight excluding hydrogens is 280 g/mol. The quantitative estimate of drug-likeness (QED) is 0.431. The zero-order chi connectivity index (χ0) is 15.9. The third kappa shape index (κ3) is 5.82. The molecule has 0 bridgehead atoms. The Morgan fingerprint density at radius 3 is 2.00 bits per heavy atom. The Hall–Kier alpha value is -1.44. The van der Waals surface area contributed by atoms with E-state index >= 15 is 0 Å². The second kappa shape index (κ2) is 7.53. The van der Waals surface area contributed by atoms with Gasteiger partial charge < -0.3 is 13.9 Å². The van der Waals surface area contributed by atoms with E-state index in [-0.39, 0.29) is 11.6 Å². The second-order valence-electron chi connectivity index (χ2n) is 6.42. The minimum atomic E-state index is -1.69. The van der Waals surface area contributed by atoms with Gasteiger partial charge >= 0.3 is 0 Å². The van der Waals surface area contributed by atoms with Crippen LogP contribution in [0.25, 0.3) is 0 Å². The lowest BCUT2D eigenvalue weighted by atomic mass is 10.2. The van der Waals surface area contributed by atoms with Gasteiger partial charge in [0, 0.05) is 0 Å². The van der Waals surface area contributed by atoms with Crippen LogP contribution in [0, 0.1) is 12.3 Å². The van der Waals surface area contributed by atoms with Gasteiger partial charge in [-0.05, 0) is 42.4 Å². The van der Waals surface area contributed by atoms with Gasteiger partial charge in [0.2, 0.25) is 0 Å². The lowest BCUT2D eigenvalue weighted by Gasteiger charge is -2.36. The van der Waals surface area contributed by atoms with Crippen molar-refractivity contribution in [2.75, 3.05) is 19.8 Å². The highest BCUT2D eigenvalue weighted by Crippen LogP contribution is 2.36. The highest BCUT2D eigenvalue weighted by Gasteiger charge is 2.36. The molecule has 0 radical (unpaired) electrons. The van der Waals surface area contributed by atoms with Crippen LogP contribution < -0.4 is 9.47 Å². The second-order valence-corrected chi connectivity index (χ2v) is 11.2. The smallest absolute Gasteiger partial charge is 0.192 e. The van der Waals surface area contributed by atoms with Gasteiger partial charge in [-0.2, -0.15) is 0 Å². The van der Waals surface area contributed by atoms with E-state index in [0.717, 1.165) is 11.5 Å². The number of hydrogen-bond acceptors (Lipinski definition) is 3. The lowest BCUT2D eigenvalue weighted by Crippen LogP contribution is -2.41. The Labute approximate surface area is 129 Å². The molecular formula is C17H26O3Si. The maximum Gasteiger partial charge on any atom is 0.192 e. The van der Waals surface area contributed by atoms with Crippen LogP contribution in [0.1, 0.15) is 20.8 Å². The summed E-state index contributed by atoms with van der Waals surface area (Å²) in [6.45, 7) is 12.6. The summed E-state index contributed by atoms with van der Waals surface area (Å²) >= 11 is 0. The number of hydrogen-bond donors (Lipinski definition) is 0. The van der Waals surface area contributed by atoms with Crippen LogP contribution in [0.3, 0.4) is 0 Å². The van der Waals surface area contributed by atoms with Crippen LogP contribution in [0.5, 0.6) is 11.5 Å². The SMILES string of the molecule is C#CCOc1ccc(OCCO[Si](C)(C)C(C)(C)C)cc1. The molecule has 0 N–H and O–H groups in total. The van der Waals surface area contributed by atoms with Crippen LogP contribution in [-0.2, 0) is 4.43 Å². The molecule has 4 heteroatoms. The molecule has 0 atom stereocenters. The molecule has 116 valence electrons. The summed E-state index contributed by atoms with van der Waals surface area (Å²) in [7, 11) is -1.69. The van der Waals surface area contributed by atoms with Crippen LogP contribution in [0.15, 0.2) is 24.3 Å². The van der Waals surface area contributed by atoms with Gasteiger partial charge in [-0.25, -0.2) is 0 Å². The van der Waals surface area contributed by atoms with Crippen LogP contribution >= 0.6 is 0 Å². The van der Waals surface area contributed by atoms with Gasteiger partial charge in [-0.1, -0.05) is 26.7 Å². The van der Waals surface area contributed by atoms with Gasteiger partial charge in [-0.15, -0.1) is 6.42 Å². The maximum absolute atomic E-state index is 6.06. The minimum Gasteiger partial charge on any atom is -0.491 e. The largest absolute Gasteiger partial charge is 0.491 e. The maximum atomic E-state index is 6.06. The lowest BCUT2D eigenvalue weighted by molar-refractivity contribution is 0.203. The summed E-state index contributed by atoms with van der Waals surface area (Å²) in [6, 6.07) is 7.44. The molecule has 0 aliphatic heterocycles. The van der Waals surface area contributed by atoms with Crippen molar-refractivity contribution in [1.82, 2.24) is 0 Å². The average molecular weight is 306 g/mol. The van der Waals surface area contributed by atoms with Crippen molar-refractivity contribution < 1.29 is 13.9 Å². The highest BCUT2D eigenvalue weighted by atomic mass is 28.4. The third-order valence-electron chi connectivity index (χ3n) is 3.77. The number of ether oxygens (including phenoxy) is 2. The van der Waals surface area contributed by atoms with Crippen molar-refractivity contribution in [1.29, 1.82) is 0 Å². The van der Waals surface area contributed by atoms with Gasteiger partial charge in [0.1, 0.15) is 24.7 Å². The van der Waals surface area contributed by atoms with E-state index in [0.29, 0.717) is 13.2 Å². The van der Waals surface area contributed by atoms with E-state index < -0.39 is 8.32 Å². The van der Waals surface area contributed by atoms with Crippen molar-refractivity contribution in [2.24, 2.45) is 0 Å². The molecule has 21 heavy (non-hydrogen) atoms. The molecule has 1 aromatic rings. The summed E-state index contributed by atoms with van der Waals surface area (Å²) < 4.78 is 17.0. The topological polar surface area (TPSA) is 27.7 Å². The average Bonchev–Trinajstić information content (AvgIpc) is 2.41. The monoisotopic (exact) mass is 306 g/mol. The van der Waals surface area contributed by atoms with E-state index in [4.69, 9.17) is 20.3 Å². The van der Waals surface area contributed by atoms with Crippen LogP contribution in [0.4, 0.5) is 0 Å². The molecule has 3 nitrogen and oxygen atoms in total. The first kappa shape index (κ1) is 17.6. The molecule has 0 aromatic heterocycles. The Kier molecular flexibility index (Phi) is 6.32. The molecule has 1 rings (SSSR count). The number of terminal acetylenes is 1. The first-order valence-electron chi connectivity index (χ1n) is 7.19. The van der Waals surface area contributed by atoms with Crippen molar-refractivity contribution >= 4 is 8.32 Å². The van der Waals surface area contributed by atoms with Gasteiger partial charge in [-0.3, -0.25) is 0 Å². The van der Waals surface area contributed by atoms with Crippen molar-refractivity contribution in [3.63, 3.8) is 0 Å². The summed E-state index contributed by atoms with van der Waals surface area (Å²) in [4.78, 5) is 0. The Balaban J connectivity index is 2.35. The fraction of sp³-hybridized carbons (Fsp3) is 0.529. The Morgan fingerprint density at radius 1 is 1.00 bits per heavy atom. The zero-order valence-electron chi connectivity index (χ0n) is 13.7. The minimum absolute atomic E-state index is 0.225. The Morgan fingerprint density at radius 2 is 1.52 bits per heavy atom. The van der Waals surface area contributed by atoms with Crippen molar-refractivity contribution in [3.05, 3.63) is 24.3 Å². The van der Waals surface area contributed by atoms with Gasteiger partial charge in [0.15, 0.2) is 8.32 Å². The fourth-order valence-corrected chi connectivity index (χ4v) is 2.46. The molecule has 0 heterocycles. The van der Waals surface area contributed by atoms with E-state index in [1.54, 1.807) is 0 Å². The highest BCUT2D eigenvalue weighted by molar-refractivity contribution is 6.74. The van der Waals surface area contributed by atoms with Gasteiger partial charge in [0.25, 0.3) is 0 Å². The summed E-state index contributed by atoms with van der Waals surface area (Å²) in [5.41, 5.74) is 0. The predicted molar refractivity (Wildman–Crippen MR) is 89.4 cm³/mol. The normalized spacial score (nSPS) is 11.8. The van der Waals surface area contributed by atoms with Gasteiger partial charge in [0.05, 0.1) is 6.61 Å². The summed E-state index contributed by atoms with van der Waals surface area (Å²) in [6.07, 6.45) is 5.14. The molecule has 0 unspecified atom stereocenters. The van der Waals surface area contributed by atoms with Crippen molar-refractivity contribution in [2.45, 2.75) is 38.9 Å². The molecule has 0 fully saturated rings. The predicted octanol–water partition coefficient (Wildman–Crippen LogP) is 4.10. The summed E-state index contributed by atoms with van der Waals surface area (Å²) in [5.74, 6) is 3.99. The van der Waals surface area contributed by atoms with E-state index in [1.807, 2.05) is 24.3 Å². The number of benzene rings is 1. The molecule has 0 aliphatic rings. The fourth-order valence-electron chi connectivity index (χ4n) is 1.43. The molecule has 0 spiro atoms. The van der Waals surface area contributed by atoms with E-state index in [1.165, 1.54) is 0 Å². The first-order chi connectivity index (χ1) is 9.76. The van der Waals surface area contributed by atoms with E-state index in [9.17, 15) is 0 Å². The standard InChI is InChI=1S/C17H26O3Si/c1-7-12-18-15-8-10-16(11-9-15)19-13-14-20-21(5,6)17(2,3)4/h1,8-11H,12-14H2,2-6H3. The van der Waals surface area contributed by atoms with E-state index in [2.05, 4.69) is 39.8 Å². The number of rotatable bonds is 7. The van der Waals surface area contributed by atoms with Crippen LogP contribution in [-0.4, -0.2) is 28.1 Å². The first-order valence-corrected chi connectivity index (χ1v) is 10.1. The third-order valence-corrected chi connectivity index (χ3v) is 8.31. The molecule has 0 saturated carbocycles. The molecule has 0 aliphatic carbocycles. The Bertz CT molecular complexity index is 466. The zero-order valence-corrected chi connectivity index (χ0v) is 14.7. The molecule has 0 amide bonds. The molecule has 1 aromatic carbocycles. The summed E-state index contributed by atoms with van der Waals surface area (Å²) in [5, 5.41) is 0.225.